The third-order valence-electron chi connectivity index (χ3n) is 5.95. The lowest BCUT2D eigenvalue weighted by molar-refractivity contribution is -0.146. The van der Waals surface area contributed by atoms with Crippen molar-refractivity contribution in [3.05, 3.63) is 71.3 Å². The molecular weight excluding hydrogens is 338 g/mol. The zero-order valence-corrected chi connectivity index (χ0v) is 15.6. The van der Waals surface area contributed by atoms with Crippen LogP contribution in [0, 0.1) is 0 Å². The largest absolute Gasteiger partial charge is 0.468 e. The van der Waals surface area contributed by atoms with Crippen molar-refractivity contribution in [2.45, 2.75) is 50.1 Å². The Morgan fingerprint density at radius 3 is 2.37 bits per heavy atom. The quantitative estimate of drug-likeness (QED) is 0.774. The van der Waals surface area contributed by atoms with E-state index in [0.29, 0.717) is 6.42 Å². The molecule has 0 bridgehead atoms. The molecule has 0 N–H and O–H groups in total. The zero-order valence-electron chi connectivity index (χ0n) is 15.6. The van der Waals surface area contributed by atoms with E-state index in [1.807, 2.05) is 59.5 Å². The topological polar surface area (TPSA) is 46.6 Å². The molecule has 2 atom stereocenters. The second-order valence-corrected chi connectivity index (χ2v) is 7.47. The summed E-state index contributed by atoms with van der Waals surface area (Å²) in [5.74, 6) is -0.691. The minimum atomic E-state index is -0.513. The van der Waals surface area contributed by atoms with Gasteiger partial charge in [-0.3, -0.25) is 9.59 Å². The fraction of sp³-hybridized carbons (Fsp3) is 0.391. The predicted octanol–water partition coefficient (Wildman–Crippen LogP) is 4.01. The Balaban J connectivity index is 1.92. The number of esters is 1. The number of nitrogens with zero attached hydrogens (tertiary/aromatic N) is 1. The molecule has 1 heterocycles. The molecule has 0 unspecified atom stereocenters. The molecule has 0 radical (unpaired) electrons. The number of ether oxygens (including phenoxy) is 1. The monoisotopic (exact) mass is 363 g/mol. The summed E-state index contributed by atoms with van der Waals surface area (Å²) in [5.41, 5.74) is 2.83. The van der Waals surface area contributed by atoms with E-state index in [9.17, 15) is 9.59 Å². The fourth-order valence-electron chi connectivity index (χ4n) is 4.74. The van der Waals surface area contributed by atoms with Crippen LogP contribution in [0.4, 0.5) is 0 Å². The smallest absolute Gasteiger partial charge is 0.315 e. The molecule has 2 aliphatic rings. The number of carbonyl (C=O) groups excluding carboxylic acids is 2. The van der Waals surface area contributed by atoms with Crippen molar-refractivity contribution in [1.29, 1.82) is 0 Å². The molecule has 1 aliphatic carbocycles. The van der Waals surface area contributed by atoms with Gasteiger partial charge in [-0.25, -0.2) is 0 Å². The zero-order chi connectivity index (χ0) is 18.8. The maximum atomic E-state index is 13.4. The Bertz CT molecular complexity index is 827. The van der Waals surface area contributed by atoms with Crippen LogP contribution >= 0.6 is 0 Å². The summed E-state index contributed by atoms with van der Waals surface area (Å²) in [6.45, 7) is 0. The van der Waals surface area contributed by atoms with Crippen LogP contribution in [0.2, 0.25) is 0 Å². The van der Waals surface area contributed by atoms with Crippen LogP contribution in [0.15, 0.2) is 54.6 Å². The van der Waals surface area contributed by atoms with Crippen molar-refractivity contribution < 1.29 is 14.3 Å². The first-order valence-corrected chi connectivity index (χ1v) is 9.72. The van der Waals surface area contributed by atoms with Crippen molar-refractivity contribution in [3.63, 3.8) is 0 Å². The van der Waals surface area contributed by atoms with Crippen molar-refractivity contribution in [2.75, 3.05) is 7.11 Å². The highest BCUT2D eigenvalue weighted by Gasteiger charge is 2.44. The van der Waals surface area contributed by atoms with Gasteiger partial charge in [0, 0.05) is 6.04 Å². The van der Waals surface area contributed by atoms with Gasteiger partial charge >= 0.3 is 5.97 Å². The Labute approximate surface area is 160 Å². The highest BCUT2D eigenvalue weighted by molar-refractivity contribution is 5.87. The average Bonchev–Trinajstić information content (AvgIpc) is 3.19. The molecule has 1 fully saturated rings. The van der Waals surface area contributed by atoms with Crippen molar-refractivity contribution >= 4 is 11.9 Å². The van der Waals surface area contributed by atoms with Gasteiger partial charge in [0.15, 0.2) is 0 Å². The summed E-state index contributed by atoms with van der Waals surface area (Å²) in [7, 11) is 1.43. The number of amides is 1. The molecule has 2 aromatic carbocycles. The Morgan fingerprint density at radius 2 is 1.67 bits per heavy atom. The maximum absolute atomic E-state index is 13.4. The molecule has 4 nitrogen and oxygen atoms in total. The molecule has 1 aliphatic heterocycles. The summed E-state index contributed by atoms with van der Waals surface area (Å²) in [5, 5.41) is 0. The van der Waals surface area contributed by atoms with E-state index >= 15 is 0 Å². The Kier molecular flexibility index (Phi) is 4.97. The molecule has 0 aromatic heterocycles. The lowest BCUT2D eigenvalue weighted by Gasteiger charge is -2.38. The van der Waals surface area contributed by atoms with Crippen LogP contribution in [-0.4, -0.2) is 29.9 Å². The third kappa shape index (κ3) is 3.25. The summed E-state index contributed by atoms with van der Waals surface area (Å²) in [6, 6.07) is 17.6. The highest BCUT2D eigenvalue weighted by atomic mass is 16.5. The van der Waals surface area contributed by atoms with Gasteiger partial charge in [0.2, 0.25) is 5.91 Å². The molecule has 4 rings (SSSR count). The van der Waals surface area contributed by atoms with Crippen LogP contribution in [-0.2, 0) is 20.7 Å². The number of methoxy groups -OCH3 is 1. The van der Waals surface area contributed by atoms with E-state index in [1.165, 1.54) is 7.11 Å². The lowest BCUT2D eigenvalue weighted by Crippen LogP contribution is -2.44. The fourth-order valence-corrected chi connectivity index (χ4v) is 4.74. The molecule has 0 spiro atoms. The number of carbonyl (C=O) groups is 2. The predicted molar refractivity (Wildman–Crippen MR) is 103 cm³/mol. The van der Waals surface area contributed by atoms with E-state index < -0.39 is 5.92 Å². The molecule has 1 saturated carbocycles. The van der Waals surface area contributed by atoms with E-state index in [1.54, 1.807) is 0 Å². The van der Waals surface area contributed by atoms with Crippen molar-refractivity contribution in [3.8, 4) is 0 Å². The Hall–Kier alpha value is -2.62. The lowest BCUT2D eigenvalue weighted by atomic mass is 9.84. The van der Waals surface area contributed by atoms with Gasteiger partial charge in [-0.05, 0) is 29.5 Å². The van der Waals surface area contributed by atoms with Crippen molar-refractivity contribution in [1.82, 2.24) is 4.90 Å². The minimum Gasteiger partial charge on any atom is -0.468 e. The molecule has 0 saturated heterocycles. The summed E-state index contributed by atoms with van der Waals surface area (Å²) < 4.78 is 5.22. The maximum Gasteiger partial charge on any atom is 0.315 e. The van der Waals surface area contributed by atoms with Crippen LogP contribution in [0.1, 0.15) is 54.3 Å². The second-order valence-electron chi connectivity index (χ2n) is 7.47. The third-order valence-corrected chi connectivity index (χ3v) is 5.95. The first-order valence-electron chi connectivity index (χ1n) is 9.72. The minimum absolute atomic E-state index is 0.106. The van der Waals surface area contributed by atoms with Crippen LogP contribution in [0.25, 0.3) is 0 Å². The van der Waals surface area contributed by atoms with Crippen LogP contribution < -0.4 is 0 Å². The summed E-state index contributed by atoms with van der Waals surface area (Å²) >= 11 is 0. The second kappa shape index (κ2) is 7.55. The molecule has 4 heteroatoms. The van der Waals surface area contributed by atoms with Crippen LogP contribution in [0.5, 0.6) is 0 Å². The molecule has 1 amide bonds. The van der Waals surface area contributed by atoms with E-state index in [4.69, 9.17) is 4.74 Å². The van der Waals surface area contributed by atoms with Crippen LogP contribution in [0.3, 0.4) is 0 Å². The van der Waals surface area contributed by atoms with Gasteiger partial charge < -0.3 is 9.64 Å². The molecule has 27 heavy (non-hydrogen) atoms. The van der Waals surface area contributed by atoms with E-state index in [2.05, 4.69) is 0 Å². The van der Waals surface area contributed by atoms with Gasteiger partial charge in [0.1, 0.15) is 5.92 Å². The number of rotatable bonds is 3. The molecule has 2 aromatic rings. The van der Waals surface area contributed by atoms with Crippen molar-refractivity contribution in [2.24, 2.45) is 0 Å². The average molecular weight is 363 g/mol. The van der Waals surface area contributed by atoms with Gasteiger partial charge in [-0.2, -0.15) is 0 Å². The number of fused-ring (bicyclic) bond motifs is 1. The van der Waals surface area contributed by atoms with Gasteiger partial charge in [0.05, 0.1) is 19.6 Å². The SMILES string of the molecule is COC(=O)[C@H]1c2ccccc2CC(=O)N(C2CCCC2)[C@@H]1c1ccccc1. The number of benzene rings is 2. The highest BCUT2D eigenvalue weighted by Crippen LogP contribution is 2.44. The summed E-state index contributed by atoms with van der Waals surface area (Å²) in [4.78, 5) is 28.4. The molecular formula is C23H25NO3. The molecule has 140 valence electrons. The van der Waals surface area contributed by atoms with E-state index in [0.717, 1.165) is 42.4 Å². The Morgan fingerprint density at radius 1 is 1.00 bits per heavy atom. The van der Waals surface area contributed by atoms with Gasteiger partial charge in [0.25, 0.3) is 0 Å². The summed E-state index contributed by atoms with van der Waals surface area (Å²) in [6.07, 6.45) is 4.60. The van der Waals surface area contributed by atoms with E-state index in [-0.39, 0.29) is 24.0 Å². The first-order chi connectivity index (χ1) is 13.2. The standard InChI is InChI=1S/C23H25NO3/c1-27-23(26)21-19-14-8-5-11-17(19)15-20(25)24(18-12-6-7-13-18)22(21)16-9-3-2-4-10-16/h2-5,8-11,14,18,21-22H,6-7,12-13,15H2,1H3/t21-,22+/m0/s1. The number of hydrogen-bond donors (Lipinski definition) is 0. The normalized spacial score (nSPS) is 23.0. The van der Waals surface area contributed by atoms with Gasteiger partial charge in [-0.15, -0.1) is 0 Å². The number of hydrogen-bond acceptors (Lipinski definition) is 3. The first kappa shape index (κ1) is 17.8. The van der Waals surface area contributed by atoms with Gasteiger partial charge in [-0.1, -0.05) is 67.4 Å².